The van der Waals surface area contributed by atoms with Crippen LogP contribution in [0, 0.1) is 5.82 Å². The highest BCUT2D eigenvalue weighted by Crippen LogP contribution is 2.33. The summed E-state index contributed by atoms with van der Waals surface area (Å²) in [6, 6.07) is 3.27. The number of imidazole rings is 1. The molecule has 6 heteroatoms. The van der Waals surface area contributed by atoms with Gasteiger partial charge in [-0.3, -0.25) is 0 Å². The Morgan fingerprint density at radius 2 is 2.33 bits per heavy atom. The van der Waals surface area contributed by atoms with Gasteiger partial charge >= 0.3 is 0 Å². The lowest BCUT2D eigenvalue weighted by Crippen LogP contribution is -2.17. The fourth-order valence-corrected chi connectivity index (χ4v) is 3.70. The van der Waals surface area contributed by atoms with Crippen molar-refractivity contribution in [2.75, 3.05) is 17.2 Å². The first kappa shape index (κ1) is 12.1. The van der Waals surface area contributed by atoms with Gasteiger partial charge in [0.25, 0.3) is 0 Å². The van der Waals surface area contributed by atoms with E-state index in [9.17, 15) is 4.39 Å². The summed E-state index contributed by atoms with van der Waals surface area (Å²) in [5.74, 6) is 2.20. The minimum atomic E-state index is -0.422. The van der Waals surface area contributed by atoms with Crippen LogP contribution in [0.5, 0.6) is 0 Å². The summed E-state index contributed by atoms with van der Waals surface area (Å²) in [6.45, 7) is 0. The Labute approximate surface area is 114 Å². The molecule has 3 nitrogen and oxygen atoms in total. The molecule has 1 aliphatic rings. The molecule has 0 saturated carbocycles. The van der Waals surface area contributed by atoms with Crippen molar-refractivity contribution >= 4 is 40.3 Å². The van der Waals surface area contributed by atoms with E-state index in [0.717, 1.165) is 24.1 Å². The molecule has 1 saturated heterocycles. The van der Waals surface area contributed by atoms with Gasteiger partial charge in [0, 0.05) is 17.9 Å². The van der Waals surface area contributed by atoms with Gasteiger partial charge in [-0.2, -0.15) is 11.8 Å². The molecule has 18 heavy (non-hydrogen) atoms. The van der Waals surface area contributed by atoms with Gasteiger partial charge in [-0.1, -0.05) is 11.6 Å². The average molecular weight is 286 g/mol. The normalized spacial score (nSPS) is 20.4. The lowest BCUT2D eigenvalue weighted by atomic mass is 10.1. The number of anilines is 1. The van der Waals surface area contributed by atoms with Crippen molar-refractivity contribution in [3.63, 3.8) is 0 Å². The molecule has 0 amide bonds. The number of nitrogens with zero attached hydrogens (tertiary/aromatic N) is 2. The van der Waals surface area contributed by atoms with Crippen molar-refractivity contribution in [3.05, 3.63) is 23.0 Å². The molecule has 1 aromatic carbocycles. The molecular weight excluding hydrogens is 273 g/mol. The fourth-order valence-electron chi connectivity index (χ4n) is 2.42. The second-order valence-electron chi connectivity index (χ2n) is 4.47. The number of fused-ring (bicyclic) bond motifs is 1. The monoisotopic (exact) mass is 285 g/mol. The van der Waals surface area contributed by atoms with Crippen molar-refractivity contribution in [2.45, 2.75) is 18.9 Å². The molecule has 1 unspecified atom stereocenters. The van der Waals surface area contributed by atoms with Crippen LogP contribution in [0.4, 0.5) is 10.3 Å². The smallest absolute Gasteiger partial charge is 0.201 e. The van der Waals surface area contributed by atoms with E-state index in [0.29, 0.717) is 17.5 Å². The maximum Gasteiger partial charge on any atom is 0.201 e. The van der Waals surface area contributed by atoms with Crippen LogP contribution in [0.1, 0.15) is 18.9 Å². The number of thioether (sulfide) groups is 1. The topological polar surface area (TPSA) is 43.8 Å². The van der Waals surface area contributed by atoms with Gasteiger partial charge in [-0.25, -0.2) is 9.37 Å². The van der Waals surface area contributed by atoms with Gasteiger partial charge in [-0.05, 0) is 24.7 Å². The maximum absolute atomic E-state index is 13.6. The Hall–Kier alpha value is -0.940. The Morgan fingerprint density at radius 3 is 3.06 bits per heavy atom. The van der Waals surface area contributed by atoms with Crippen LogP contribution >= 0.6 is 23.4 Å². The predicted octanol–water partition coefficient (Wildman–Crippen LogP) is 3.48. The first-order valence-corrected chi connectivity index (χ1v) is 7.40. The van der Waals surface area contributed by atoms with Crippen LogP contribution in [0.3, 0.4) is 0 Å². The highest BCUT2D eigenvalue weighted by atomic mass is 35.5. The number of nitrogens with two attached hydrogens (primary N) is 1. The molecule has 0 radical (unpaired) electrons. The molecule has 0 aliphatic carbocycles. The standard InChI is InChI=1S/C12H13ClFN3S/c13-8-4-10-11(5-9(8)14)17(12(15)16-10)7-2-1-3-18-6-7/h4-5,7H,1-3,6H2,(H2,15,16). The fraction of sp³-hybridized carbons (Fsp3) is 0.417. The SMILES string of the molecule is Nc1nc2cc(Cl)c(F)cc2n1C1CCCSC1. The van der Waals surface area contributed by atoms with Crippen molar-refractivity contribution in [2.24, 2.45) is 0 Å². The zero-order chi connectivity index (χ0) is 12.7. The summed E-state index contributed by atoms with van der Waals surface area (Å²) in [4.78, 5) is 4.27. The second-order valence-corrected chi connectivity index (χ2v) is 6.02. The first-order chi connectivity index (χ1) is 8.66. The molecule has 3 rings (SSSR count). The molecule has 0 bridgehead atoms. The average Bonchev–Trinajstić information content (AvgIpc) is 2.66. The van der Waals surface area contributed by atoms with E-state index < -0.39 is 5.82 Å². The Morgan fingerprint density at radius 1 is 1.50 bits per heavy atom. The van der Waals surface area contributed by atoms with E-state index in [2.05, 4.69) is 4.98 Å². The van der Waals surface area contributed by atoms with Gasteiger partial charge in [-0.15, -0.1) is 0 Å². The molecule has 96 valence electrons. The highest BCUT2D eigenvalue weighted by molar-refractivity contribution is 7.99. The summed E-state index contributed by atoms with van der Waals surface area (Å²) in [6.07, 6.45) is 2.22. The van der Waals surface area contributed by atoms with Crippen LogP contribution in [0.25, 0.3) is 11.0 Å². The van der Waals surface area contributed by atoms with Crippen LogP contribution < -0.4 is 5.73 Å². The number of rotatable bonds is 1. The molecule has 1 atom stereocenters. The molecule has 1 fully saturated rings. The van der Waals surface area contributed by atoms with Crippen molar-refractivity contribution in [3.8, 4) is 0 Å². The molecule has 0 spiro atoms. The number of benzene rings is 1. The summed E-state index contributed by atoms with van der Waals surface area (Å²) < 4.78 is 15.5. The molecule has 2 heterocycles. The third-order valence-corrected chi connectivity index (χ3v) is 4.75. The largest absolute Gasteiger partial charge is 0.369 e. The molecule has 1 aromatic heterocycles. The number of aromatic nitrogens is 2. The summed E-state index contributed by atoms with van der Waals surface area (Å²) in [5.41, 5.74) is 7.36. The van der Waals surface area contributed by atoms with E-state index >= 15 is 0 Å². The molecule has 1 aliphatic heterocycles. The van der Waals surface area contributed by atoms with Gasteiger partial charge in [0.2, 0.25) is 5.95 Å². The lowest BCUT2D eigenvalue weighted by molar-refractivity contribution is 0.516. The quantitative estimate of drug-likeness (QED) is 0.872. The van der Waals surface area contributed by atoms with Crippen LogP contribution in [-0.2, 0) is 0 Å². The molecule has 2 N–H and O–H groups in total. The lowest BCUT2D eigenvalue weighted by Gasteiger charge is -2.24. The van der Waals surface area contributed by atoms with Crippen LogP contribution in [0.2, 0.25) is 5.02 Å². The predicted molar refractivity (Wildman–Crippen MR) is 74.7 cm³/mol. The van der Waals surface area contributed by atoms with E-state index in [1.807, 2.05) is 16.3 Å². The minimum Gasteiger partial charge on any atom is -0.369 e. The summed E-state index contributed by atoms with van der Waals surface area (Å²) in [5, 5.41) is 0.0881. The Kier molecular flexibility index (Phi) is 3.11. The van der Waals surface area contributed by atoms with E-state index in [-0.39, 0.29) is 5.02 Å². The maximum atomic E-state index is 13.6. The third-order valence-electron chi connectivity index (χ3n) is 3.26. The van der Waals surface area contributed by atoms with E-state index in [1.165, 1.54) is 17.9 Å². The van der Waals surface area contributed by atoms with Crippen molar-refractivity contribution in [1.82, 2.24) is 9.55 Å². The molecular formula is C12H13ClFN3S. The number of nitrogen functional groups attached to an aromatic ring is 1. The van der Waals surface area contributed by atoms with E-state index in [1.54, 1.807) is 0 Å². The zero-order valence-electron chi connectivity index (χ0n) is 9.70. The number of hydrogen-bond acceptors (Lipinski definition) is 3. The van der Waals surface area contributed by atoms with Gasteiger partial charge in [0.1, 0.15) is 5.82 Å². The first-order valence-electron chi connectivity index (χ1n) is 5.87. The molecule has 2 aromatic rings. The van der Waals surface area contributed by atoms with Crippen molar-refractivity contribution in [1.29, 1.82) is 0 Å². The number of halogens is 2. The zero-order valence-corrected chi connectivity index (χ0v) is 11.3. The third kappa shape index (κ3) is 1.95. The second kappa shape index (κ2) is 4.63. The van der Waals surface area contributed by atoms with Gasteiger partial charge in [0.05, 0.1) is 16.1 Å². The minimum absolute atomic E-state index is 0.0881. The van der Waals surface area contributed by atoms with Crippen LogP contribution in [-0.4, -0.2) is 21.1 Å². The van der Waals surface area contributed by atoms with Crippen molar-refractivity contribution < 1.29 is 4.39 Å². The van der Waals surface area contributed by atoms with E-state index in [4.69, 9.17) is 17.3 Å². The van der Waals surface area contributed by atoms with Gasteiger partial charge in [0.15, 0.2) is 0 Å². The number of hydrogen-bond donors (Lipinski definition) is 1. The highest BCUT2D eigenvalue weighted by Gasteiger charge is 2.21. The summed E-state index contributed by atoms with van der Waals surface area (Å²) >= 11 is 7.67. The van der Waals surface area contributed by atoms with Gasteiger partial charge < -0.3 is 10.3 Å². The Balaban J connectivity index is 2.15. The summed E-state index contributed by atoms with van der Waals surface area (Å²) in [7, 11) is 0. The Bertz CT molecular complexity index is 593. The van der Waals surface area contributed by atoms with Crippen LogP contribution in [0.15, 0.2) is 12.1 Å².